The molecule has 176 valence electrons. The van der Waals surface area contributed by atoms with Gasteiger partial charge in [0.25, 0.3) is 0 Å². The Bertz CT molecular complexity index is 1580. The summed E-state index contributed by atoms with van der Waals surface area (Å²) in [7, 11) is 0. The van der Waals surface area contributed by atoms with Crippen LogP contribution in [0.15, 0.2) is 79.2 Å². The van der Waals surface area contributed by atoms with Crippen molar-refractivity contribution in [3.8, 4) is 11.5 Å². The molecule has 5 rings (SSSR count). The fourth-order valence-electron chi connectivity index (χ4n) is 4.43. The molecule has 0 radical (unpaired) electrons. The van der Waals surface area contributed by atoms with E-state index in [0.29, 0.717) is 23.6 Å². The number of aryl methyl sites for hydroxylation is 2. The highest BCUT2D eigenvalue weighted by molar-refractivity contribution is 5.87. The summed E-state index contributed by atoms with van der Waals surface area (Å²) in [4.78, 5) is 30.8. The van der Waals surface area contributed by atoms with Gasteiger partial charge in [-0.15, -0.1) is 0 Å². The summed E-state index contributed by atoms with van der Waals surface area (Å²) < 4.78 is 11.1. The van der Waals surface area contributed by atoms with Crippen molar-refractivity contribution >= 4 is 21.9 Å². The second-order valence-electron chi connectivity index (χ2n) is 8.36. The Balaban J connectivity index is 1.89. The van der Waals surface area contributed by atoms with E-state index in [0.717, 1.165) is 11.1 Å². The number of benzene rings is 2. The number of hydrogen-bond donors (Lipinski definition) is 2. The van der Waals surface area contributed by atoms with Crippen LogP contribution in [0.4, 0.5) is 0 Å². The highest BCUT2D eigenvalue weighted by Crippen LogP contribution is 2.41. The lowest BCUT2D eigenvalue weighted by atomic mass is 9.87. The molecule has 0 aliphatic carbocycles. The molecule has 0 unspecified atom stereocenters. The van der Waals surface area contributed by atoms with E-state index in [4.69, 9.17) is 8.83 Å². The third kappa shape index (κ3) is 3.75. The zero-order chi connectivity index (χ0) is 24.7. The molecule has 7 heteroatoms. The van der Waals surface area contributed by atoms with Crippen LogP contribution in [0.2, 0.25) is 0 Å². The molecule has 0 atom stereocenters. The Morgan fingerprint density at radius 1 is 0.771 bits per heavy atom. The molecule has 5 aromatic rings. The summed E-state index contributed by atoms with van der Waals surface area (Å²) in [6, 6.07) is 15.4. The molecule has 0 aliphatic rings. The van der Waals surface area contributed by atoms with E-state index < -0.39 is 17.2 Å². The maximum absolute atomic E-state index is 13.2. The standard InChI is InChI=1S/C28H23NO6/c1-3-15-8-10-20-17(13-15)25(30)23(27(32)34-20)22(19-7-5-6-12-29-19)24-26(31)18-14-16(4-2)9-11-21(18)35-28(24)33/h5-14,22,30-31H,3-4H2,1-2H3. The van der Waals surface area contributed by atoms with Gasteiger partial charge in [0.05, 0.1) is 33.5 Å². The van der Waals surface area contributed by atoms with Gasteiger partial charge in [0.2, 0.25) is 0 Å². The van der Waals surface area contributed by atoms with Crippen molar-refractivity contribution < 1.29 is 19.0 Å². The SMILES string of the molecule is CCc1ccc2oc(=O)c(C(c3ccccn3)c3c(O)c4cc(CC)ccc4oc3=O)c(O)c2c1. The molecule has 7 nitrogen and oxygen atoms in total. The minimum atomic E-state index is -1.23. The van der Waals surface area contributed by atoms with Crippen molar-refractivity contribution in [3.63, 3.8) is 0 Å². The first-order chi connectivity index (χ1) is 16.9. The van der Waals surface area contributed by atoms with E-state index in [1.54, 1.807) is 42.5 Å². The van der Waals surface area contributed by atoms with Gasteiger partial charge in [-0.25, -0.2) is 9.59 Å². The van der Waals surface area contributed by atoms with Gasteiger partial charge in [0.15, 0.2) is 0 Å². The first kappa shape index (κ1) is 22.4. The van der Waals surface area contributed by atoms with Crippen LogP contribution in [-0.4, -0.2) is 15.2 Å². The van der Waals surface area contributed by atoms with Crippen LogP contribution < -0.4 is 11.3 Å². The lowest BCUT2D eigenvalue weighted by molar-refractivity contribution is 0.440. The fraction of sp³-hybridized carbons (Fsp3) is 0.179. The first-order valence-electron chi connectivity index (χ1n) is 11.4. The van der Waals surface area contributed by atoms with Gasteiger partial charge in [-0.2, -0.15) is 0 Å². The number of pyridine rings is 1. The topological polar surface area (TPSA) is 114 Å². The van der Waals surface area contributed by atoms with E-state index >= 15 is 0 Å². The lowest BCUT2D eigenvalue weighted by Crippen LogP contribution is -2.22. The highest BCUT2D eigenvalue weighted by Gasteiger charge is 2.33. The van der Waals surface area contributed by atoms with E-state index in [1.807, 2.05) is 26.0 Å². The normalized spacial score (nSPS) is 11.5. The average molecular weight is 469 g/mol. The quantitative estimate of drug-likeness (QED) is 0.348. The Morgan fingerprint density at radius 2 is 1.29 bits per heavy atom. The van der Waals surface area contributed by atoms with E-state index in [2.05, 4.69) is 4.98 Å². The monoisotopic (exact) mass is 469 g/mol. The van der Waals surface area contributed by atoms with Gasteiger partial charge in [0.1, 0.15) is 22.7 Å². The van der Waals surface area contributed by atoms with Gasteiger partial charge in [-0.1, -0.05) is 32.0 Å². The second-order valence-corrected chi connectivity index (χ2v) is 8.36. The number of aromatic nitrogens is 1. The Labute approximate surface area is 199 Å². The Kier molecular flexibility index (Phi) is 5.61. The number of nitrogens with zero attached hydrogens (tertiary/aromatic N) is 1. The fourth-order valence-corrected chi connectivity index (χ4v) is 4.43. The number of hydrogen-bond acceptors (Lipinski definition) is 7. The maximum Gasteiger partial charge on any atom is 0.344 e. The number of aromatic hydroxyl groups is 2. The van der Waals surface area contributed by atoms with E-state index in [-0.39, 0.29) is 39.5 Å². The molecule has 2 aromatic carbocycles. The largest absolute Gasteiger partial charge is 0.507 e. The molecular weight excluding hydrogens is 446 g/mol. The third-order valence-corrected chi connectivity index (χ3v) is 6.33. The molecule has 0 spiro atoms. The second kappa shape index (κ2) is 8.76. The molecule has 0 amide bonds. The first-order valence-corrected chi connectivity index (χ1v) is 11.4. The molecule has 35 heavy (non-hydrogen) atoms. The van der Waals surface area contributed by atoms with E-state index in [9.17, 15) is 19.8 Å². The van der Waals surface area contributed by atoms with Crippen LogP contribution in [0.3, 0.4) is 0 Å². The minimum Gasteiger partial charge on any atom is -0.507 e. The lowest BCUT2D eigenvalue weighted by Gasteiger charge is -2.19. The van der Waals surface area contributed by atoms with Crippen molar-refractivity contribution in [3.05, 3.63) is 110 Å². The zero-order valence-corrected chi connectivity index (χ0v) is 19.2. The molecule has 3 heterocycles. The predicted molar refractivity (Wildman–Crippen MR) is 132 cm³/mol. The molecule has 0 aliphatic heterocycles. The summed E-state index contributed by atoms with van der Waals surface area (Å²) in [5, 5.41) is 23.3. The molecule has 0 saturated heterocycles. The van der Waals surface area contributed by atoms with Crippen molar-refractivity contribution in [2.45, 2.75) is 32.6 Å². The van der Waals surface area contributed by atoms with Crippen LogP contribution in [0, 0.1) is 0 Å². The van der Waals surface area contributed by atoms with Crippen LogP contribution in [0.5, 0.6) is 11.5 Å². The zero-order valence-electron chi connectivity index (χ0n) is 19.2. The Morgan fingerprint density at radius 3 is 1.71 bits per heavy atom. The van der Waals surface area contributed by atoms with E-state index in [1.165, 1.54) is 6.20 Å². The van der Waals surface area contributed by atoms with Crippen molar-refractivity contribution in [1.82, 2.24) is 4.98 Å². The summed E-state index contributed by atoms with van der Waals surface area (Å²) >= 11 is 0. The maximum atomic E-state index is 13.2. The number of rotatable bonds is 5. The molecule has 3 aromatic heterocycles. The van der Waals surface area contributed by atoms with Gasteiger partial charge >= 0.3 is 11.3 Å². The number of fused-ring (bicyclic) bond motifs is 2. The molecule has 2 N–H and O–H groups in total. The summed E-state index contributed by atoms with van der Waals surface area (Å²) in [5.74, 6) is -1.89. The van der Waals surface area contributed by atoms with Crippen molar-refractivity contribution in [2.24, 2.45) is 0 Å². The predicted octanol–water partition coefficient (Wildman–Crippen LogP) is 5.01. The van der Waals surface area contributed by atoms with Crippen LogP contribution >= 0.6 is 0 Å². The molecular formula is C28H23NO6. The van der Waals surface area contributed by atoms with Crippen LogP contribution in [0.1, 0.15) is 47.7 Å². The van der Waals surface area contributed by atoms with Gasteiger partial charge in [-0.3, -0.25) is 4.98 Å². The molecule has 0 saturated carbocycles. The van der Waals surface area contributed by atoms with Crippen LogP contribution in [-0.2, 0) is 12.8 Å². The van der Waals surface area contributed by atoms with Crippen LogP contribution in [0.25, 0.3) is 21.9 Å². The third-order valence-electron chi connectivity index (χ3n) is 6.33. The summed E-state index contributed by atoms with van der Waals surface area (Å²) in [5.41, 5.74) is 0.508. The Hall–Kier alpha value is -4.39. The summed E-state index contributed by atoms with van der Waals surface area (Å²) in [6.07, 6.45) is 2.93. The minimum absolute atomic E-state index is 0.196. The van der Waals surface area contributed by atoms with Crippen molar-refractivity contribution in [1.29, 1.82) is 0 Å². The molecule has 0 bridgehead atoms. The average Bonchev–Trinajstić information content (AvgIpc) is 2.88. The van der Waals surface area contributed by atoms with Gasteiger partial charge in [-0.05, 0) is 60.4 Å². The molecule has 0 fully saturated rings. The van der Waals surface area contributed by atoms with Gasteiger partial charge in [0, 0.05) is 6.20 Å². The smallest absolute Gasteiger partial charge is 0.344 e. The highest BCUT2D eigenvalue weighted by atomic mass is 16.4. The van der Waals surface area contributed by atoms with Crippen molar-refractivity contribution in [2.75, 3.05) is 0 Å². The summed E-state index contributed by atoms with van der Waals surface area (Å²) in [6.45, 7) is 3.94. The van der Waals surface area contributed by atoms with Gasteiger partial charge < -0.3 is 19.0 Å².